The van der Waals surface area contributed by atoms with Gasteiger partial charge in [0.05, 0.1) is 18.3 Å². The standard InChI is InChI=1S/C18H15N5O2/c24-17(21-14-6-7-15-13(8-14)9-20-22-15)16-10-19-18(25)23(16)11-12-4-2-1-3-5-12/h1-10H,11H2,(H,19,25)(H,20,22)(H,21,24). The lowest BCUT2D eigenvalue weighted by Gasteiger charge is -2.08. The van der Waals surface area contributed by atoms with Crippen molar-refractivity contribution in [1.82, 2.24) is 19.7 Å². The number of nitrogens with zero attached hydrogens (tertiary/aromatic N) is 2. The Kier molecular flexibility index (Phi) is 3.66. The Balaban J connectivity index is 1.60. The monoisotopic (exact) mass is 333 g/mol. The van der Waals surface area contributed by atoms with Crippen LogP contribution in [0.1, 0.15) is 16.1 Å². The first-order valence-corrected chi connectivity index (χ1v) is 7.77. The maximum atomic E-state index is 12.6. The fraction of sp³-hybridized carbons (Fsp3) is 0.0556. The van der Waals surface area contributed by atoms with Crippen LogP contribution in [0, 0.1) is 0 Å². The molecule has 4 aromatic rings. The second kappa shape index (κ2) is 6.12. The van der Waals surface area contributed by atoms with Crippen LogP contribution in [0.15, 0.2) is 65.7 Å². The summed E-state index contributed by atoms with van der Waals surface area (Å²) < 4.78 is 1.42. The largest absolute Gasteiger partial charge is 0.326 e. The van der Waals surface area contributed by atoms with E-state index in [1.165, 1.54) is 10.8 Å². The van der Waals surface area contributed by atoms with Crippen molar-refractivity contribution >= 4 is 22.5 Å². The third-order valence-corrected chi connectivity index (χ3v) is 3.98. The van der Waals surface area contributed by atoms with Gasteiger partial charge in [-0.2, -0.15) is 5.10 Å². The van der Waals surface area contributed by atoms with E-state index >= 15 is 0 Å². The molecule has 0 atom stereocenters. The molecule has 0 fully saturated rings. The molecule has 0 aliphatic rings. The van der Waals surface area contributed by atoms with Gasteiger partial charge in [-0.05, 0) is 23.8 Å². The van der Waals surface area contributed by atoms with Crippen molar-refractivity contribution in [2.45, 2.75) is 6.54 Å². The van der Waals surface area contributed by atoms with Crippen LogP contribution >= 0.6 is 0 Å². The zero-order valence-electron chi connectivity index (χ0n) is 13.2. The van der Waals surface area contributed by atoms with Gasteiger partial charge in [-0.25, -0.2) is 4.79 Å². The van der Waals surface area contributed by atoms with Gasteiger partial charge in [0.2, 0.25) is 0 Å². The molecule has 7 nitrogen and oxygen atoms in total. The van der Waals surface area contributed by atoms with Crippen LogP contribution in [0.4, 0.5) is 5.69 Å². The highest BCUT2D eigenvalue weighted by atomic mass is 16.2. The van der Waals surface area contributed by atoms with E-state index in [1.807, 2.05) is 42.5 Å². The molecular weight excluding hydrogens is 318 g/mol. The second-order valence-electron chi connectivity index (χ2n) is 5.68. The van der Waals surface area contributed by atoms with Crippen LogP contribution in [-0.2, 0) is 6.54 Å². The molecule has 7 heteroatoms. The molecule has 0 unspecified atom stereocenters. The average molecular weight is 333 g/mol. The first kappa shape index (κ1) is 14.9. The van der Waals surface area contributed by atoms with Crippen LogP contribution in [0.3, 0.4) is 0 Å². The molecule has 0 spiro atoms. The molecule has 0 radical (unpaired) electrons. The topological polar surface area (TPSA) is 95.6 Å². The van der Waals surface area contributed by atoms with Crippen LogP contribution in [-0.4, -0.2) is 25.7 Å². The van der Waals surface area contributed by atoms with Crippen molar-refractivity contribution in [3.8, 4) is 0 Å². The fourth-order valence-electron chi connectivity index (χ4n) is 2.72. The Labute approximate surface area is 142 Å². The second-order valence-corrected chi connectivity index (χ2v) is 5.68. The lowest BCUT2D eigenvalue weighted by atomic mass is 10.2. The number of H-pyrrole nitrogens is 2. The van der Waals surface area contributed by atoms with E-state index in [2.05, 4.69) is 20.5 Å². The van der Waals surface area contributed by atoms with Crippen LogP contribution in [0.25, 0.3) is 10.9 Å². The van der Waals surface area contributed by atoms with E-state index in [9.17, 15) is 9.59 Å². The molecule has 25 heavy (non-hydrogen) atoms. The van der Waals surface area contributed by atoms with E-state index in [4.69, 9.17) is 0 Å². The first-order chi connectivity index (χ1) is 12.2. The van der Waals surface area contributed by atoms with E-state index in [0.29, 0.717) is 12.2 Å². The summed E-state index contributed by atoms with van der Waals surface area (Å²) in [4.78, 5) is 27.2. The van der Waals surface area contributed by atoms with E-state index < -0.39 is 0 Å². The van der Waals surface area contributed by atoms with Crippen molar-refractivity contribution in [3.05, 3.63) is 82.7 Å². The summed E-state index contributed by atoms with van der Waals surface area (Å²) in [5.41, 5.74) is 2.43. The number of rotatable bonds is 4. The molecule has 0 aliphatic carbocycles. The van der Waals surface area contributed by atoms with Crippen molar-refractivity contribution in [2.24, 2.45) is 0 Å². The molecule has 0 saturated carbocycles. The maximum absolute atomic E-state index is 12.6. The Morgan fingerprint density at radius 2 is 2.00 bits per heavy atom. The SMILES string of the molecule is O=C(Nc1ccc2[nH]ncc2c1)c1c[nH]c(=O)n1Cc1ccccc1. The van der Waals surface area contributed by atoms with Gasteiger partial charge in [-0.15, -0.1) is 0 Å². The Hall–Kier alpha value is -3.61. The van der Waals surface area contributed by atoms with Gasteiger partial charge in [-0.1, -0.05) is 30.3 Å². The van der Waals surface area contributed by atoms with E-state index in [0.717, 1.165) is 16.5 Å². The zero-order valence-corrected chi connectivity index (χ0v) is 13.2. The summed E-state index contributed by atoms with van der Waals surface area (Å²) in [7, 11) is 0. The summed E-state index contributed by atoms with van der Waals surface area (Å²) in [6.45, 7) is 0.326. The minimum Gasteiger partial charge on any atom is -0.321 e. The number of benzene rings is 2. The smallest absolute Gasteiger partial charge is 0.321 e. The molecule has 4 rings (SSSR count). The number of hydrogen-bond donors (Lipinski definition) is 3. The number of imidazole rings is 1. The van der Waals surface area contributed by atoms with E-state index in [-0.39, 0.29) is 17.3 Å². The number of hydrogen-bond acceptors (Lipinski definition) is 3. The summed E-state index contributed by atoms with van der Waals surface area (Å²) >= 11 is 0. The number of carbonyl (C=O) groups is 1. The fourth-order valence-corrected chi connectivity index (χ4v) is 2.72. The molecule has 124 valence electrons. The van der Waals surface area contributed by atoms with Gasteiger partial charge in [0.15, 0.2) is 0 Å². The predicted octanol–water partition coefficient (Wildman–Crippen LogP) is 2.35. The van der Waals surface area contributed by atoms with Crippen molar-refractivity contribution in [3.63, 3.8) is 0 Å². The molecule has 1 amide bonds. The van der Waals surface area contributed by atoms with Gasteiger partial charge >= 0.3 is 5.69 Å². The van der Waals surface area contributed by atoms with E-state index in [1.54, 1.807) is 12.3 Å². The Bertz CT molecular complexity index is 1090. The van der Waals surface area contributed by atoms with Crippen LogP contribution in [0.5, 0.6) is 0 Å². The van der Waals surface area contributed by atoms with Gasteiger partial charge < -0.3 is 10.3 Å². The molecule has 2 aromatic heterocycles. The van der Waals surface area contributed by atoms with Crippen molar-refractivity contribution < 1.29 is 4.79 Å². The number of aromatic amines is 2. The van der Waals surface area contributed by atoms with Crippen molar-refractivity contribution in [2.75, 3.05) is 5.32 Å². The molecule has 2 aromatic carbocycles. The third kappa shape index (κ3) is 2.94. The van der Waals surface area contributed by atoms with Gasteiger partial charge in [0, 0.05) is 17.3 Å². The van der Waals surface area contributed by atoms with Gasteiger partial charge in [0.25, 0.3) is 5.91 Å². The van der Waals surface area contributed by atoms with Crippen LogP contribution < -0.4 is 11.0 Å². The summed E-state index contributed by atoms with van der Waals surface area (Å²) in [5.74, 6) is -0.350. The van der Waals surface area contributed by atoms with Gasteiger partial charge in [-0.3, -0.25) is 14.5 Å². The number of amides is 1. The maximum Gasteiger partial charge on any atom is 0.326 e. The third-order valence-electron chi connectivity index (χ3n) is 3.98. The number of fused-ring (bicyclic) bond motifs is 1. The minimum absolute atomic E-state index is 0.279. The minimum atomic E-state index is -0.350. The zero-order chi connectivity index (χ0) is 17.2. The van der Waals surface area contributed by atoms with Crippen molar-refractivity contribution in [1.29, 1.82) is 0 Å². The lowest BCUT2D eigenvalue weighted by Crippen LogP contribution is -2.24. The summed E-state index contributed by atoms with van der Waals surface area (Å²) in [6.07, 6.45) is 3.11. The average Bonchev–Trinajstić information content (AvgIpc) is 3.23. The number of aromatic nitrogens is 4. The van der Waals surface area contributed by atoms with Crippen LogP contribution in [0.2, 0.25) is 0 Å². The Morgan fingerprint density at radius 3 is 2.84 bits per heavy atom. The Morgan fingerprint density at radius 1 is 1.16 bits per heavy atom. The molecule has 0 bridgehead atoms. The highest BCUT2D eigenvalue weighted by Gasteiger charge is 2.15. The molecule has 0 saturated heterocycles. The highest BCUT2D eigenvalue weighted by molar-refractivity contribution is 6.03. The summed E-state index contributed by atoms with van der Waals surface area (Å²) in [6, 6.07) is 15.0. The van der Waals surface area contributed by atoms with Gasteiger partial charge in [0.1, 0.15) is 5.69 Å². The summed E-state index contributed by atoms with van der Waals surface area (Å²) in [5, 5.41) is 10.5. The molecule has 3 N–H and O–H groups in total. The first-order valence-electron chi connectivity index (χ1n) is 7.77. The highest BCUT2D eigenvalue weighted by Crippen LogP contribution is 2.17. The number of nitrogens with one attached hydrogen (secondary N) is 3. The molecular formula is C18H15N5O2. The molecule has 0 aliphatic heterocycles. The predicted molar refractivity (Wildman–Crippen MR) is 94.6 cm³/mol. The normalized spacial score (nSPS) is 10.9. The quantitative estimate of drug-likeness (QED) is 0.535. The number of anilines is 1. The lowest BCUT2D eigenvalue weighted by molar-refractivity contribution is 0.101. The molecule has 2 heterocycles. The number of carbonyl (C=O) groups excluding carboxylic acids is 1.